The molecule has 2 aliphatic rings. The van der Waals surface area contributed by atoms with Crippen LogP contribution in [-0.4, -0.2) is 50.5 Å². The fourth-order valence-corrected chi connectivity index (χ4v) is 3.72. The van der Waals surface area contributed by atoms with Gasteiger partial charge in [0.25, 0.3) is 10.1 Å². The summed E-state index contributed by atoms with van der Waals surface area (Å²) in [7, 11) is -3.45. The van der Waals surface area contributed by atoms with Crippen molar-refractivity contribution in [2.45, 2.75) is 45.3 Å². The lowest BCUT2D eigenvalue weighted by atomic mass is 10.00. The van der Waals surface area contributed by atoms with Gasteiger partial charge in [-0.15, -0.1) is 0 Å². The van der Waals surface area contributed by atoms with Crippen LogP contribution in [-0.2, 0) is 19.0 Å². The SMILES string of the molecule is CC(C)(C)OC(=O)N1C[C@H]2CC[C@@H](OS(C)(=O)=O)[C@H]2C1. The second-order valence-corrected chi connectivity index (χ2v) is 8.33. The number of amides is 1. The molecule has 0 radical (unpaired) electrons. The molecule has 1 amide bonds. The number of fused-ring (bicyclic) bond motifs is 1. The van der Waals surface area contributed by atoms with Gasteiger partial charge >= 0.3 is 6.09 Å². The molecular weight excluding hydrogens is 282 g/mol. The maximum Gasteiger partial charge on any atom is 0.410 e. The van der Waals surface area contributed by atoms with Gasteiger partial charge in [-0.2, -0.15) is 8.42 Å². The van der Waals surface area contributed by atoms with Crippen molar-refractivity contribution in [1.82, 2.24) is 4.90 Å². The van der Waals surface area contributed by atoms with Crippen molar-refractivity contribution < 1.29 is 22.1 Å². The Kier molecular flexibility index (Phi) is 4.03. The van der Waals surface area contributed by atoms with E-state index in [1.54, 1.807) is 4.90 Å². The highest BCUT2D eigenvalue weighted by Gasteiger charge is 2.46. The monoisotopic (exact) mass is 305 g/mol. The number of carbonyl (C=O) groups excluding carboxylic acids is 1. The average molecular weight is 305 g/mol. The molecule has 2 fully saturated rings. The molecule has 1 saturated carbocycles. The highest BCUT2D eigenvalue weighted by atomic mass is 32.2. The molecule has 0 aromatic heterocycles. The highest BCUT2D eigenvalue weighted by molar-refractivity contribution is 7.86. The van der Waals surface area contributed by atoms with E-state index >= 15 is 0 Å². The van der Waals surface area contributed by atoms with E-state index in [4.69, 9.17) is 8.92 Å². The van der Waals surface area contributed by atoms with Crippen molar-refractivity contribution in [3.05, 3.63) is 0 Å². The van der Waals surface area contributed by atoms with E-state index in [0.717, 1.165) is 19.1 Å². The van der Waals surface area contributed by atoms with Crippen LogP contribution in [0.5, 0.6) is 0 Å². The molecule has 0 spiro atoms. The van der Waals surface area contributed by atoms with Crippen molar-refractivity contribution in [2.75, 3.05) is 19.3 Å². The minimum absolute atomic E-state index is 0.0947. The Labute approximate surface area is 120 Å². The fraction of sp³-hybridized carbons (Fsp3) is 0.923. The Morgan fingerprint density at radius 1 is 1.20 bits per heavy atom. The lowest BCUT2D eigenvalue weighted by Gasteiger charge is -2.25. The number of nitrogens with zero attached hydrogens (tertiary/aromatic N) is 1. The summed E-state index contributed by atoms with van der Waals surface area (Å²) in [6.45, 7) is 6.63. The molecule has 1 heterocycles. The van der Waals surface area contributed by atoms with Crippen LogP contribution < -0.4 is 0 Å². The van der Waals surface area contributed by atoms with Crippen LogP contribution in [0.2, 0.25) is 0 Å². The van der Waals surface area contributed by atoms with Crippen LogP contribution in [0.25, 0.3) is 0 Å². The van der Waals surface area contributed by atoms with E-state index in [2.05, 4.69) is 0 Å². The van der Waals surface area contributed by atoms with Gasteiger partial charge in [0.1, 0.15) is 5.60 Å². The maximum atomic E-state index is 12.0. The van der Waals surface area contributed by atoms with E-state index < -0.39 is 15.7 Å². The predicted molar refractivity (Wildman–Crippen MR) is 73.7 cm³/mol. The van der Waals surface area contributed by atoms with Crippen molar-refractivity contribution in [3.8, 4) is 0 Å². The largest absolute Gasteiger partial charge is 0.444 e. The van der Waals surface area contributed by atoms with Gasteiger partial charge in [-0.1, -0.05) is 0 Å². The Morgan fingerprint density at radius 3 is 2.40 bits per heavy atom. The molecule has 1 aliphatic carbocycles. The van der Waals surface area contributed by atoms with Crippen LogP contribution in [0.3, 0.4) is 0 Å². The third-order valence-corrected chi connectivity index (χ3v) is 4.34. The molecule has 0 aromatic carbocycles. The second kappa shape index (κ2) is 5.18. The molecule has 3 atom stereocenters. The highest BCUT2D eigenvalue weighted by Crippen LogP contribution is 2.40. The summed E-state index contributed by atoms with van der Waals surface area (Å²) in [6, 6.07) is 0. The second-order valence-electron chi connectivity index (χ2n) is 6.73. The molecule has 0 aromatic rings. The number of ether oxygens (including phenoxy) is 1. The molecule has 0 unspecified atom stereocenters. The van der Waals surface area contributed by atoms with E-state index in [-0.39, 0.29) is 18.1 Å². The minimum Gasteiger partial charge on any atom is -0.444 e. The van der Waals surface area contributed by atoms with Crippen molar-refractivity contribution in [1.29, 1.82) is 0 Å². The van der Waals surface area contributed by atoms with Crippen LogP contribution >= 0.6 is 0 Å². The summed E-state index contributed by atoms with van der Waals surface area (Å²) in [4.78, 5) is 13.7. The lowest BCUT2D eigenvalue weighted by molar-refractivity contribution is 0.0269. The van der Waals surface area contributed by atoms with Gasteiger partial charge in [0.2, 0.25) is 0 Å². The Hall–Kier alpha value is -0.820. The quantitative estimate of drug-likeness (QED) is 0.725. The standard InChI is InChI=1S/C13H23NO5S/c1-13(2,3)18-12(15)14-7-9-5-6-11(10(9)8-14)19-20(4,16)17/h9-11H,5-8H2,1-4H3/t9-,10+,11-/m1/s1. The third kappa shape index (κ3) is 3.85. The number of hydrogen-bond donors (Lipinski definition) is 0. The summed E-state index contributed by atoms with van der Waals surface area (Å²) in [5.74, 6) is 0.409. The molecule has 1 aliphatic heterocycles. The van der Waals surface area contributed by atoms with E-state index in [9.17, 15) is 13.2 Å². The van der Waals surface area contributed by atoms with E-state index in [1.165, 1.54) is 0 Å². The van der Waals surface area contributed by atoms with Gasteiger partial charge in [-0.25, -0.2) is 4.79 Å². The van der Waals surface area contributed by atoms with Crippen molar-refractivity contribution >= 4 is 16.2 Å². The normalized spacial score (nSPS) is 30.4. The summed E-state index contributed by atoms with van der Waals surface area (Å²) < 4.78 is 33.0. The van der Waals surface area contributed by atoms with Crippen LogP contribution in [0, 0.1) is 11.8 Å². The first-order valence-electron chi connectivity index (χ1n) is 6.91. The van der Waals surface area contributed by atoms with Gasteiger partial charge < -0.3 is 9.64 Å². The molecule has 0 bridgehead atoms. The molecule has 116 valence electrons. The topological polar surface area (TPSA) is 72.9 Å². The Morgan fingerprint density at radius 2 is 1.85 bits per heavy atom. The third-order valence-electron chi connectivity index (χ3n) is 3.74. The molecule has 1 saturated heterocycles. The van der Waals surface area contributed by atoms with Gasteiger partial charge in [-0.3, -0.25) is 4.18 Å². The molecule has 7 heteroatoms. The Balaban J connectivity index is 1.97. The van der Waals surface area contributed by atoms with Crippen molar-refractivity contribution in [2.24, 2.45) is 11.8 Å². The van der Waals surface area contributed by atoms with Gasteiger partial charge in [0, 0.05) is 19.0 Å². The Bertz CT molecular complexity index is 481. The van der Waals surface area contributed by atoms with Gasteiger partial charge in [-0.05, 0) is 39.5 Å². The summed E-state index contributed by atoms with van der Waals surface area (Å²) >= 11 is 0. The zero-order chi connectivity index (χ0) is 15.1. The summed E-state index contributed by atoms with van der Waals surface area (Å²) in [5.41, 5.74) is -0.516. The molecular formula is C13H23NO5S. The first-order chi connectivity index (χ1) is 9.05. The molecule has 6 nitrogen and oxygen atoms in total. The van der Waals surface area contributed by atoms with E-state index in [1.807, 2.05) is 20.8 Å². The minimum atomic E-state index is -3.45. The van der Waals surface area contributed by atoms with Crippen LogP contribution in [0.4, 0.5) is 4.79 Å². The number of carbonyl (C=O) groups is 1. The average Bonchev–Trinajstić information content (AvgIpc) is 2.75. The summed E-state index contributed by atoms with van der Waals surface area (Å²) in [6.07, 6.45) is 2.07. The van der Waals surface area contributed by atoms with E-state index in [0.29, 0.717) is 19.0 Å². The maximum absolute atomic E-state index is 12.0. The number of likely N-dealkylation sites (tertiary alicyclic amines) is 1. The summed E-state index contributed by atoms with van der Waals surface area (Å²) in [5, 5.41) is 0. The number of hydrogen-bond acceptors (Lipinski definition) is 5. The molecule has 0 N–H and O–H groups in total. The van der Waals surface area contributed by atoms with Gasteiger partial charge in [0.05, 0.1) is 12.4 Å². The smallest absolute Gasteiger partial charge is 0.410 e. The van der Waals surface area contributed by atoms with Crippen molar-refractivity contribution in [3.63, 3.8) is 0 Å². The first-order valence-corrected chi connectivity index (χ1v) is 8.73. The molecule has 2 rings (SSSR count). The number of rotatable bonds is 2. The van der Waals surface area contributed by atoms with Gasteiger partial charge in [0.15, 0.2) is 0 Å². The fourth-order valence-electron chi connectivity index (χ4n) is 3.04. The zero-order valence-electron chi connectivity index (χ0n) is 12.5. The van der Waals surface area contributed by atoms with Crippen LogP contribution in [0.1, 0.15) is 33.6 Å². The lowest BCUT2D eigenvalue weighted by Crippen LogP contribution is -2.36. The van der Waals surface area contributed by atoms with Crippen LogP contribution in [0.15, 0.2) is 0 Å². The predicted octanol–water partition coefficient (Wildman–Crippen LogP) is 1.61. The first kappa shape index (κ1) is 15.6. The molecule has 20 heavy (non-hydrogen) atoms. The zero-order valence-corrected chi connectivity index (χ0v) is 13.3.